The first-order valence-corrected chi connectivity index (χ1v) is 6.62. The summed E-state index contributed by atoms with van der Waals surface area (Å²) in [6.45, 7) is 0.0762. The Balaban J connectivity index is 2.14. The number of hydrogen-bond acceptors (Lipinski definition) is 5. The van der Waals surface area contributed by atoms with Crippen LogP contribution in [0.25, 0.3) is 0 Å². The standard InChI is InChI=1S/C13H11BrFN3O3/c14-10-3-2-9(6-11(10)15)21-7-8-1-4-12(17-16)13(5-8)18(19)20/h1-6,17H,7,16H2. The van der Waals surface area contributed by atoms with Crippen LogP contribution in [-0.2, 0) is 6.61 Å². The Kier molecular flexibility index (Phi) is 4.71. The number of nitrogens with zero attached hydrogens (tertiary/aromatic N) is 1. The summed E-state index contributed by atoms with van der Waals surface area (Å²) in [5.74, 6) is 5.09. The van der Waals surface area contributed by atoms with Crippen molar-refractivity contribution < 1.29 is 14.1 Å². The zero-order valence-electron chi connectivity index (χ0n) is 10.7. The van der Waals surface area contributed by atoms with Gasteiger partial charge in [-0.3, -0.25) is 16.0 Å². The van der Waals surface area contributed by atoms with E-state index in [4.69, 9.17) is 10.6 Å². The minimum atomic E-state index is -0.544. The summed E-state index contributed by atoms with van der Waals surface area (Å²) in [5, 5.41) is 10.9. The van der Waals surface area contributed by atoms with Crippen LogP contribution in [-0.4, -0.2) is 4.92 Å². The van der Waals surface area contributed by atoms with Gasteiger partial charge in [0.05, 0.1) is 9.40 Å². The molecule has 110 valence electrons. The number of nitro groups is 1. The van der Waals surface area contributed by atoms with Gasteiger partial charge in [-0.2, -0.15) is 0 Å². The summed E-state index contributed by atoms with van der Waals surface area (Å²) in [6.07, 6.45) is 0. The van der Waals surface area contributed by atoms with E-state index in [0.29, 0.717) is 15.8 Å². The van der Waals surface area contributed by atoms with Crippen LogP contribution in [0.3, 0.4) is 0 Å². The molecule has 0 bridgehead atoms. The summed E-state index contributed by atoms with van der Waals surface area (Å²) in [6, 6.07) is 8.82. The van der Waals surface area contributed by atoms with E-state index < -0.39 is 10.7 Å². The minimum Gasteiger partial charge on any atom is -0.489 e. The van der Waals surface area contributed by atoms with Crippen molar-refractivity contribution in [2.24, 2.45) is 5.84 Å². The number of ether oxygens (including phenoxy) is 1. The van der Waals surface area contributed by atoms with Crippen LogP contribution in [0.1, 0.15) is 5.56 Å². The molecule has 0 saturated carbocycles. The molecule has 2 aromatic carbocycles. The van der Waals surface area contributed by atoms with Crippen LogP contribution in [0.4, 0.5) is 15.8 Å². The summed E-state index contributed by atoms with van der Waals surface area (Å²) in [5.41, 5.74) is 2.88. The van der Waals surface area contributed by atoms with Crippen molar-refractivity contribution in [1.82, 2.24) is 0 Å². The molecule has 0 amide bonds. The van der Waals surface area contributed by atoms with Gasteiger partial charge in [0, 0.05) is 12.1 Å². The lowest BCUT2D eigenvalue weighted by Crippen LogP contribution is -2.09. The highest BCUT2D eigenvalue weighted by atomic mass is 79.9. The molecule has 0 radical (unpaired) electrons. The van der Waals surface area contributed by atoms with E-state index in [1.165, 1.54) is 24.3 Å². The number of halogens is 2. The maximum absolute atomic E-state index is 13.3. The average molecular weight is 356 g/mol. The van der Waals surface area contributed by atoms with E-state index in [9.17, 15) is 14.5 Å². The molecule has 21 heavy (non-hydrogen) atoms. The van der Waals surface area contributed by atoms with Gasteiger partial charge in [0.25, 0.3) is 5.69 Å². The molecule has 6 nitrogen and oxygen atoms in total. The maximum Gasteiger partial charge on any atom is 0.294 e. The molecule has 0 unspecified atom stereocenters. The fourth-order valence-corrected chi connectivity index (χ4v) is 1.92. The predicted octanol–water partition coefficient (Wildman–Crippen LogP) is 3.36. The second-order valence-electron chi connectivity index (χ2n) is 4.12. The van der Waals surface area contributed by atoms with Gasteiger partial charge in [0.1, 0.15) is 23.9 Å². The first-order chi connectivity index (χ1) is 10.0. The molecule has 0 spiro atoms. The molecule has 0 aliphatic carbocycles. The molecule has 8 heteroatoms. The van der Waals surface area contributed by atoms with Crippen LogP contribution in [0.5, 0.6) is 5.75 Å². The van der Waals surface area contributed by atoms with Gasteiger partial charge in [0.2, 0.25) is 0 Å². The van der Waals surface area contributed by atoms with Crippen molar-refractivity contribution in [3.8, 4) is 5.75 Å². The lowest BCUT2D eigenvalue weighted by molar-refractivity contribution is -0.384. The fourth-order valence-electron chi connectivity index (χ4n) is 1.67. The van der Waals surface area contributed by atoms with Crippen LogP contribution in [0.15, 0.2) is 40.9 Å². The number of rotatable bonds is 5. The fraction of sp³-hybridized carbons (Fsp3) is 0.0769. The van der Waals surface area contributed by atoms with Gasteiger partial charge < -0.3 is 10.2 Å². The molecular weight excluding hydrogens is 345 g/mol. The average Bonchev–Trinajstić information content (AvgIpc) is 2.48. The monoisotopic (exact) mass is 355 g/mol. The molecule has 0 aliphatic heterocycles. The van der Waals surface area contributed by atoms with Crippen molar-refractivity contribution in [3.05, 3.63) is 62.4 Å². The lowest BCUT2D eigenvalue weighted by Gasteiger charge is -2.08. The number of hydrazine groups is 1. The van der Waals surface area contributed by atoms with Crippen molar-refractivity contribution >= 4 is 27.3 Å². The number of nitrogens with one attached hydrogen (secondary N) is 1. The van der Waals surface area contributed by atoms with E-state index in [2.05, 4.69) is 21.4 Å². The Labute approximate surface area is 128 Å². The molecule has 0 atom stereocenters. The zero-order valence-corrected chi connectivity index (χ0v) is 12.3. The van der Waals surface area contributed by atoms with Crippen LogP contribution in [0, 0.1) is 15.9 Å². The highest BCUT2D eigenvalue weighted by Gasteiger charge is 2.14. The minimum absolute atomic E-state index is 0.0762. The molecule has 0 fully saturated rings. The third-order valence-corrected chi connectivity index (χ3v) is 3.35. The molecule has 3 N–H and O–H groups in total. The molecule has 0 aliphatic rings. The van der Waals surface area contributed by atoms with Crippen LogP contribution < -0.4 is 16.0 Å². The van der Waals surface area contributed by atoms with E-state index in [1.807, 2.05) is 0 Å². The highest BCUT2D eigenvalue weighted by molar-refractivity contribution is 9.10. The number of nitro benzene ring substituents is 1. The second-order valence-corrected chi connectivity index (χ2v) is 4.97. The molecule has 0 heterocycles. The number of nitrogen functional groups attached to an aromatic ring is 1. The summed E-state index contributed by atoms with van der Waals surface area (Å²) in [4.78, 5) is 10.4. The Morgan fingerprint density at radius 1 is 1.33 bits per heavy atom. The summed E-state index contributed by atoms with van der Waals surface area (Å²) in [7, 11) is 0. The third-order valence-electron chi connectivity index (χ3n) is 2.71. The Hall–Kier alpha value is -2.19. The first kappa shape index (κ1) is 15.2. The number of benzene rings is 2. The molecule has 2 rings (SSSR count). The van der Waals surface area contributed by atoms with E-state index in [-0.39, 0.29) is 18.0 Å². The second kappa shape index (κ2) is 6.51. The topological polar surface area (TPSA) is 90.4 Å². The van der Waals surface area contributed by atoms with Crippen LogP contribution in [0.2, 0.25) is 0 Å². The molecular formula is C13H11BrFN3O3. The number of anilines is 1. The zero-order chi connectivity index (χ0) is 15.4. The van der Waals surface area contributed by atoms with Gasteiger partial charge in [-0.15, -0.1) is 0 Å². The van der Waals surface area contributed by atoms with Gasteiger partial charge in [-0.05, 0) is 39.7 Å². The number of nitrogens with two attached hydrogens (primary N) is 1. The van der Waals surface area contributed by atoms with E-state index >= 15 is 0 Å². The SMILES string of the molecule is NNc1ccc(COc2ccc(Br)c(F)c2)cc1[N+](=O)[O-]. The molecule has 2 aromatic rings. The van der Waals surface area contributed by atoms with Crippen molar-refractivity contribution in [2.75, 3.05) is 5.43 Å². The Morgan fingerprint density at radius 3 is 2.71 bits per heavy atom. The first-order valence-electron chi connectivity index (χ1n) is 5.83. The smallest absolute Gasteiger partial charge is 0.294 e. The third kappa shape index (κ3) is 3.67. The summed E-state index contributed by atoms with van der Waals surface area (Å²) < 4.78 is 19.1. The summed E-state index contributed by atoms with van der Waals surface area (Å²) >= 11 is 3.04. The van der Waals surface area contributed by atoms with Gasteiger partial charge in [0.15, 0.2) is 0 Å². The Morgan fingerprint density at radius 2 is 2.10 bits per heavy atom. The van der Waals surface area contributed by atoms with Crippen LogP contribution >= 0.6 is 15.9 Å². The predicted molar refractivity (Wildman–Crippen MR) is 79.3 cm³/mol. The Bertz CT molecular complexity index is 682. The van der Waals surface area contributed by atoms with Crippen molar-refractivity contribution in [1.29, 1.82) is 0 Å². The lowest BCUT2D eigenvalue weighted by atomic mass is 10.2. The van der Waals surface area contributed by atoms with E-state index in [1.54, 1.807) is 12.1 Å². The highest BCUT2D eigenvalue weighted by Crippen LogP contribution is 2.26. The van der Waals surface area contributed by atoms with Gasteiger partial charge in [-0.1, -0.05) is 6.07 Å². The van der Waals surface area contributed by atoms with Gasteiger partial charge >= 0.3 is 0 Å². The quantitative estimate of drug-likeness (QED) is 0.487. The van der Waals surface area contributed by atoms with Crippen molar-refractivity contribution in [2.45, 2.75) is 6.61 Å². The number of hydrogen-bond donors (Lipinski definition) is 2. The molecule has 0 aromatic heterocycles. The van der Waals surface area contributed by atoms with E-state index in [0.717, 1.165) is 0 Å². The maximum atomic E-state index is 13.3. The molecule has 0 saturated heterocycles. The van der Waals surface area contributed by atoms with Gasteiger partial charge in [-0.25, -0.2) is 4.39 Å². The van der Waals surface area contributed by atoms with Crippen molar-refractivity contribution in [3.63, 3.8) is 0 Å². The largest absolute Gasteiger partial charge is 0.489 e. The normalized spacial score (nSPS) is 10.2.